The van der Waals surface area contributed by atoms with Gasteiger partial charge in [0.05, 0.1) is 22.6 Å². The second-order valence-electron chi connectivity index (χ2n) is 6.13. The summed E-state index contributed by atoms with van der Waals surface area (Å²) in [4.78, 5) is -1.02. The van der Waals surface area contributed by atoms with Crippen molar-refractivity contribution < 1.29 is 34.8 Å². The van der Waals surface area contributed by atoms with Crippen molar-refractivity contribution in [3.8, 4) is 0 Å². The van der Waals surface area contributed by atoms with E-state index in [2.05, 4.69) is 0 Å². The van der Waals surface area contributed by atoms with Crippen LogP contribution in [0.1, 0.15) is 23.2 Å². The summed E-state index contributed by atoms with van der Waals surface area (Å²) >= 11 is 0. The van der Waals surface area contributed by atoms with E-state index in [-0.39, 0.29) is 31.3 Å². The van der Waals surface area contributed by atoms with Gasteiger partial charge in [-0.05, 0) is 36.8 Å². The van der Waals surface area contributed by atoms with Crippen molar-refractivity contribution in [3.63, 3.8) is 0 Å². The van der Waals surface area contributed by atoms with E-state index in [1.807, 2.05) is 0 Å². The van der Waals surface area contributed by atoms with Crippen LogP contribution in [0.5, 0.6) is 0 Å². The summed E-state index contributed by atoms with van der Waals surface area (Å²) in [5.41, 5.74) is -2.71. The molecule has 3 rings (SSSR count). The fraction of sp³-hybridized carbons (Fsp3) is 0.375. The van der Waals surface area contributed by atoms with Crippen molar-refractivity contribution >= 4 is 10.0 Å². The Labute approximate surface area is 151 Å². The Morgan fingerprint density at radius 3 is 2.04 bits per heavy atom. The molecule has 0 radical (unpaired) electrons. The van der Waals surface area contributed by atoms with Crippen LogP contribution in [0.4, 0.5) is 26.3 Å². The average Bonchev–Trinajstić information content (AvgIpc) is 2.89. The second kappa shape index (κ2) is 6.55. The molecule has 1 aromatic carbocycles. The topological polar surface area (TPSA) is 42.3 Å². The van der Waals surface area contributed by atoms with Gasteiger partial charge in [-0.25, -0.2) is 8.42 Å². The second-order valence-corrected chi connectivity index (χ2v) is 8.06. The number of halogens is 6. The van der Waals surface area contributed by atoms with Crippen molar-refractivity contribution in [1.29, 1.82) is 0 Å². The van der Waals surface area contributed by atoms with Crippen LogP contribution in [0.3, 0.4) is 0 Å². The summed E-state index contributed by atoms with van der Waals surface area (Å²) in [6, 6.07) is 3.74. The third-order valence-electron chi connectivity index (χ3n) is 4.27. The van der Waals surface area contributed by atoms with E-state index in [0.717, 1.165) is 4.31 Å². The zero-order valence-corrected chi connectivity index (χ0v) is 14.5. The van der Waals surface area contributed by atoms with E-state index < -0.39 is 38.4 Å². The first-order chi connectivity index (χ1) is 12.4. The zero-order chi connectivity index (χ0) is 20.0. The van der Waals surface area contributed by atoms with E-state index in [9.17, 15) is 34.8 Å². The van der Waals surface area contributed by atoms with Gasteiger partial charge >= 0.3 is 12.4 Å². The van der Waals surface area contributed by atoms with Crippen molar-refractivity contribution in [2.75, 3.05) is 6.54 Å². The van der Waals surface area contributed by atoms with Gasteiger partial charge in [-0.2, -0.15) is 30.6 Å². The first kappa shape index (κ1) is 19.7. The Morgan fingerprint density at radius 2 is 1.48 bits per heavy atom. The molecule has 0 saturated carbocycles. The number of nitrogens with zero attached hydrogens (tertiary/aromatic N) is 2. The predicted octanol–water partition coefficient (Wildman–Crippen LogP) is 4.12. The monoisotopic (exact) mass is 412 g/mol. The molecule has 1 aliphatic rings. The number of hydrogen-bond donors (Lipinski definition) is 0. The van der Waals surface area contributed by atoms with E-state index >= 15 is 0 Å². The number of rotatable bonds is 2. The lowest BCUT2D eigenvalue weighted by Crippen LogP contribution is -2.31. The number of aromatic nitrogens is 1. The Bertz CT molecular complexity index is 914. The molecular weight excluding hydrogens is 398 g/mol. The Balaban J connectivity index is 2.08. The fourth-order valence-electron chi connectivity index (χ4n) is 2.92. The highest BCUT2D eigenvalue weighted by molar-refractivity contribution is 7.89. The molecule has 27 heavy (non-hydrogen) atoms. The van der Waals surface area contributed by atoms with E-state index in [1.165, 1.54) is 0 Å². The molecule has 0 spiro atoms. The lowest BCUT2D eigenvalue weighted by Gasteiger charge is -2.21. The molecule has 0 amide bonds. The molecule has 1 aliphatic heterocycles. The number of benzene rings is 1. The highest BCUT2D eigenvalue weighted by Gasteiger charge is 2.39. The molecule has 0 fully saturated rings. The van der Waals surface area contributed by atoms with Gasteiger partial charge < -0.3 is 4.57 Å². The van der Waals surface area contributed by atoms with Gasteiger partial charge in [0.25, 0.3) is 0 Å². The fourth-order valence-corrected chi connectivity index (χ4v) is 4.44. The Hall–Kier alpha value is -2.01. The van der Waals surface area contributed by atoms with Crippen LogP contribution in [0.15, 0.2) is 41.4 Å². The molecular formula is C16H14F6N2O2S. The maximum atomic E-state index is 13.0. The Kier molecular flexibility index (Phi) is 4.79. The molecule has 4 nitrogen and oxygen atoms in total. The van der Waals surface area contributed by atoms with E-state index in [1.54, 1.807) is 22.9 Å². The van der Waals surface area contributed by atoms with Crippen LogP contribution in [0.2, 0.25) is 0 Å². The first-order valence-corrected chi connectivity index (χ1v) is 9.27. The van der Waals surface area contributed by atoms with Crippen LogP contribution in [0, 0.1) is 0 Å². The summed E-state index contributed by atoms with van der Waals surface area (Å²) in [5.74, 6) is 0. The van der Waals surface area contributed by atoms with Crippen molar-refractivity contribution in [2.45, 2.75) is 36.8 Å². The highest BCUT2D eigenvalue weighted by Crippen LogP contribution is 2.38. The quantitative estimate of drug-likeness (QED) is 0.697. The normalized spacial score (nSPS) is 16.8. The average molecular weight is 412 g/mol. The molecule has 11 heteroatoms. The van der Waals surface area contributed by atoms with Gasteiger partial charge in [-0.3, -0.25) is 0 Å². The number of alkyl halides is 6. The maximum Gasteiger partial charge on any atom is 0.416 e. The number of sulfonamides is 1. The number of hydrogen-bond acceptors (Lipinski definition) is 2. The molecule has 0 atom stereocenters. The molecule has 1 aromatic heterocycles. The summed E-state index contributed by atoms with van der Waals surface area (Å²) in [7, 11) is -4.55. The summed E-state index contributed by atoms with van der Waals surface area (Å²) in [5, 5.41) is 0. The Morgan fingerprint density at radius 1 is 0.889 bits per heavy atom. The van der Waals surface area contributed by atoms with Gasteiger partial charge in [-0.1, -0.05) is 0 Å². The minimum atomic E-state index is -5.11. The summed E-state index contributed by atoms with van der Waals surface area (Å²) in [6.45, 7) is 0.360. The van der Waals surface area contributed by atoms with Crippen molar-refractivity contribution in [3.05, 3.63) is 53.3 Å². The van der Waals surface area contributed by atoms with Crippen LogP contribution < -0.4 is 0 Å². The molecule has 0 unspecified atom stereocenters. The van der Waals surface area contributed by atoms with Crippen LogP contribution in [-0.2, 0) is 35.5 Å². The standard InChI is InChI=1S/C16H14F6N2O2S/c17-15(18,19)11-7-12(16(20,21)22)9-14(8-11)27(25,26)24-6-2-5-23-4-1-3-13(23)10-24/h1,3-4,7-9H,2,5-6,10H2. The minimum Gasteiger partial charge on any atom is -0.350 e. The van der Waals surface area contributed by atoms with Crippen LogP contribution in [0.25, 0.3) is 0 Å². The van der Waals surface area contributed by atoms with E-state index in [0.29, 0.717) is 18.7 Å². The SMILES string of the molecule is O=S(=O)(c1cc(C(F)(F)F)cc(C(F)(F)F)c1)N1CCCn2cccc2C1. The zero-order valence-electron chi connectivity index (χ0n) is 13.7. The lowest BCUT2D eigenvalue weighted by molar-refractivity contribution is -0.143. The highest BCUT2D eigenvalue weighted by atomic mass is 32.2. The summed E-state index contributed by atoms with van der Waals surface area (Å²) in [6.07, 6.45) is -8.11. The molecule has 0 bridgehead atoms. The first-order valence-electron chi connectivity index (χ1n) is 7.83. The number of fused-ring (bicyclic) bond motifs is 1. The smallest absolute Gasteiger partial charge is 0.350 e. The third kappa shape index (κ3) is 3.98. The van der Waals surface area contributed by atoms with Gasteiger partial charge in [0.2, 0.25) is 10.0 Å². The lowest BCUT2D eigenvalue weighted by atomic mass is 10.1. The maximum absolute atomic E-state index is 13.0. The van der Waals surface area contributed by atoms with Gasteiger partial charge in [0.15, 0.2) is 0 Å². The van der Waals surface area contributed by atoms with Gasteiger partial charge in [0.1, 0.15) is 0 Å². The van der Waals surface area contributed by atoms with Gasteiger partial charge in [0, 0.05) is 25.0 Å². The third-order valence-corrected chi connectivity index (χ3v) is 6.09. The van der Waals surface area contributed by atoms with Crippen LogP contribution in [-0.4, -0.2) is 23.8 Å². The molecule has 0 saturated heterocycles. The summed E-state index contributed by atoms with van der Waals surface area (Å²) < 4.78 is 106. The van der Waals surface area contributed by atoms with Crippen molar-refractivity contribution in [2.24, 2.45) is 0 Å². The molecule has 0 aliphatic carbocycles. The van der Waals surface area contributed by atoms with Crippen molar-refractivity contribution in [1.82, 2.24) is 8.87 Å². The van der Waals surface area contributed by atoms with Gasteiger partial charge in [-0.15, -0.1) is 0 Å². The largest absolute Gasteiger partial charge is 0.416 e. The number of aryl methyl sites for hydroxylation is 1. The van der Waals surface area contributed by atoms with E-state index in [4.69, 9.17) is 0 Å². The molecule has 148 valence electrons. The minimum absolute atomic E-state index is 0.0123. The molecule has 0 N–H and O–H groups in total. The molecule has 2 aromatic rings. The predicted molar refractivity (Wildman–Crippen MR) is 83.1 cm³/mol. The molecule has 2 heterocycles. The van der Waals surface area contributed by atoms with Crippen LogP contribution >= 0.6 is 0 Å².